The molecule has 6 heteroatoms. The van der Waals surface area contributed by atoms with Crippen molar-refractivity contribution in [1.29, 1.82) is 0 Å². The number of hydrogen-bond acceptors (Lipinski definition) is 2. The lowest BCUT2D eigenvalue weighted by Crippen LogP contribution is -2.51. The highest BCUT2D eigenvalue weighted by molar-refractivity contribution is 6.31. The van der Waals surface area contributed by atoms with Gasteiger partial charge in [-0.2, -0.15) is 0 Å². The Labute approximate surface area is 177 Å². The summed E-state index contributed by atoms with van der Waals surface area (Å²) in [4.78, 5) is 27.6. The summed E-state index contributed by atoms with van der Waals surface area (Å²) in [6, 6.07) is 12.5. The van der Waals surface area contributed by atoms with Crippen LogP contribution in [0.3, 0.4) is 0 Å². The number of amides is 2. The van der Waals surface area contributed by atoms with E-state index in [9.17, 15) is 14.0 Å². The van der Waals surface area contributed by atoms with Gasteiger partial charge in [0.05, 0.1) is 6.42 Å². The summed E-state index contributed by atoms with van der Waals surface area (Å²) >= 11 is 6.30. The summed E-state index contributed by atoms with van der Waals surface area (Å²) in [5, 5.41) is 3.52. The number of nitrogens with zero attached hydrogens (tertiary/aromatic N) is 1. The Hall–Kier alpha value is -2.40. The fraction of sp³-hybridized carbons (Fsp3) is 0.391. The number of benzene rings is 2. The molecule has 0 fully saturated rings. The van der Waals surface area contributed by atoms with Gasteiger partial charge in [0.2, 0.25) is 11.8 Å². The van der Waals surface area contributed by atoms with E-state index in [0.29, 0.717) is 17.0 Å². The predicted molar refractivity (Wildman–Crippen MR) is 114 cm³/mol. The van der Waals surface area contributed by atoms with Crippen molar-refractivity contribution >= 4 is 23.4 Å². The normalized spacial score (nSPS) is 12.9. The van der Waals surface area contributed by atoms with Crippen LogP contribution in [0.2, 0.25) is 5.02 Å². The van der Waals surface area contributed by atoms with E-state index in [1.54, 1.807) is 23.1 Å². The Balaban J connectivity index is 2.30. The summed E-state index contributed by atoms with van der Waals surface area (Å²) in [7, 11) is 0. The lowest BCUT2D eigenvalue weighted by Gasteiger charge is -2.31. The Morgan fingerprint density at radius 1 is 1.07 bits per heavy atom. The number of nitrogens with one attached hydrogen (secondary N) is 1. The smallest absolute Gasteiger partial charge is 0.243 e. The van der Waals surface area contributed by atoms with E-state index in [-0.39, 0.29) is 36.6 Å². The molecule has 0 heterocycles. The summed E-state index contributed by atoms with van der Waals surface area (Å²) in [5.74, 6) is -0.738. The van der Waals surface area contributed by atoms with Crippen molar-refractivity contribution in [3.63, 3.8) is 0 Å². The Bertz CT molecular complexity index is 826. The van der Waals surface area contributed by atoms with Crippen molar-refractivity contribution in [2.75, 3.05) is 0 Å². The molecule has 0 bridgehead atoms. The molecule has 0 unspecified atom stereocenters. The van der Waals surface area contributed by atoms with E-state index < -0.39 is 6.04 Å². The van der Waals surface area contributed by atoms with Crippen molar-refractivity contribution in [1.82, 2.24) is 10.2 Å². The summed E-state index contributed by atoms with van der Waals surface area (Å²) in [6.07, 6.45) is 1.36. The largest absolute Gasteiger partial charge is 0.352 e. The van der Waals surface area contributed by atoms with E-state index in [1.807, 2.05) is 39.0 Å². The lowest BCUT2D eigenvalue weighted by molar-refractivity contribution is -0.141. The Kier molecular flexibility index (Phi) is 8.65. The molecular weight excluding hydrogens is 391 g/mol. The van der Waals surface area contributed by atoms with Crippen molar-refractivity contribution in [3.05, 3.63) is 70.5 Å². The molecular formula is C23H28ClFN2O2. The van der Waals surface area contributed by atoms with Crippen LogP contribution < -0.4 is 5.32 Å². The number of rotatable bonds is 9. The zero-order valence-electron chi connectivity index (χ0n) is 17.1. The Morgan fingerprint density at radius 3 is 2.31 bits per heavy atom. The van der Waals surface area contributed by atoms with E-state index in [1.165, 1.54) is 12.1 Å². The van der Waals surface area contributed by atoms with Gasteiger partial charge < -0.3 is 10.2 Å². The van der Waals surface area contributed by atoms with Crippen molar-refractivity contribution < 1.29 is 14.0 Å². The fourth-order valence-corrected chi connectivity index (χ4v) is 3.24. The molecule has 4 nitrogen and oxygen atoms in total. The molecule has 156 valence electrons. The minimum Gasteiger partial charge on any atom is -0.352 e. The maximum absolute atomic E-state index is 13.2. The van der Waals surface area contributed by atoms with E-state index in [0.717, 1.165) is 12.0 Å². The highest BCUT2D eigenvalue weighted by atomic mass is 35.5. The van der Waals surface area contributed by atoms with Gasteiger partial charge in [-0.05, 0) is 49.1 Å². The second kappa shape index (κ2) is 11.0. The molecule has 2 aromatic rings. The minimum absolute atomic E-state index is 0.0194. The average molecular weight is 419 g/mol. The second-order valence-electron chi connectivity index (χ2n) is 7.16. The van der Waals surface area contributed by atoms with Crippen LogP contribution in [-0.4, -0.2) is 28.8 Å². The van der Waals surface area contributed by atoms with Crippen LogP contribution in [0.1, 0.15) is 44.7 Å². The van der Waals surface area contributed by atoms with Gasteiger partial charge in [0.1, 0.15) is 11.9 Å². The first-order valence-corrected chi connectivity index (χ1v) is 10.3. The molecule has 0 saturated carbocycles. The maximum atomic E-state index is 13.2. The second-order valence-corrected chi connectivity index (χ2v) is 7.57. The molecule has 0 aliphatic carbocycles. The highest BCUT2D eigenvalue weighted by Gasteiger charge is 2.29. The van der Waals surface area contributed by atoms with Crippen LogP contribution in [0.5, 0.6) is 0 Å². The van der Waals surface area contributed by atoms with Gasteiger partial charge in [0.25, 0.3) is 0 Å². The van der Waals surface area contributed by atoms with Gasteiger partial charge in [-0.25, -0.2) is 4.39 Å². The quantitative estimate of drug-likeness (QED) is 0.639. The van der Waals surface area contributed by atoms with Crippen molar-refractivity contribution in [2.45, 2.75) is 58.7 Å². The van der Waals surface area contributed by atoms with Crippen LogP contribution in [-0.2, 0) is 22.6 Å². The van der Waals surface area contributed by atoms with Crippen molar-refractivity contribution in [3.8, 4) is 0 Å². The number of hydrogen-bond donors (Lipinski definition) is 1. The molecule has 0 aliphatic heterocycles. The zero-order valence-corrected chi connectivity index (χ0v) is 17.9. The summed E-state index contributed by atoms with van der Waals surface area (Å²) in [6.45, 7) is 6.04. The Morgan fingerprint density at radius 2 is 1.72 bits per heavy atom. The monoisotopic (exact) mass is 418 g/mol. The van der Waals surface area contributed by atoms with E-state index >= 15 is 0 Å². The maximum Gasteiger partial charge on any atom is 0.243 e. The van der Waals surface area contributed by atoms with E-state index in [4.69, 9.17) is 11.6 Å². The number of carbonyl (C=O) groups is 2. The van der Waals surface area contributed by atoms with Gasteiger partial charge in [-0.1, -0.05) is 55.8 Å². The fourth-order valence-electron chi connectivity index (χ4n) is 3.05. The molecule has 2 atom stereocenters. The zero-order chi connectivity index (χ0) is 21.4. The summed E-state index contributed by atoms with van der Waals surface area (Å²) < 4.78 is 13.2. The number of halogens is 2. The molecule has 2 amide bonds. The number of carbonyl (C=O) groups excluding carboxylic acids is 2. The van der Waals surface area contributed by atoms with Gasteiger partial charge in [0, 0.05) is 17.6 Å². The molecule has 2 rings (SSSR count). The van der Waals surface area contributed by atoms with Gasteiger partial charge in [0.15, 0.2) is 0 Å². The molecule has 0 aliphatic rings. The molecule has 2 aromatic carbocycles. The predicted octanol–water partition coefficient (Wildman–Crippen LogP) is 4.74. The first-order chi connectivity index (χ1) is 13.8. The third kappa shape index (κ3) is 6.57. The van der Waals surface area contributed by atoms with Crippen LogP contribution in [0, 0.1) is 5.82 Å². The molecule has 29 heavy (non-hydrogen) atoms. The third-order valence-electron chi connectivity index (χ3n) is 4.95. The third-order valence-corrected chi connectivity index (χ3v) is 5.32. The molecule has 0 radical (unpaired) electrons. The first-order valence-electron chi connectivity index (χ1n) is 9.93. The average Bonchev–Trinajstić information content (AvgIpc) is 2.70. The molecule has 0 saturated heterocycles. The highest BCUT2D eigenvalue weighted by Crippen LogP contribution is 2.20. The van der Waals surface area contributed by atoms with Gasteiger partial charge >= 0.3 is 0 Å². The lowest BCUT2D eigenvalue weighted by atomic mass is 10.1. The van der Waals surface area contributed by atoms with Crippen LogP contribution in [0.25, 0.3) is 0 Å². The van der Waals surface area contributed by atoms with Gasteiger partial charge in [-0.3, -0.25) is 9.59 Å². The van der Waals surface area contributed by atoms with E-state index in [2.05, 4.69) is 5.32 Å². The molecule has 0 aromatic heterocycles. The summed E-state index contributed by atoms with van der Waals surface area (Å²) in [5.41, 5.74) is 1.47. The van der Waals surface area contributed by atoms with Gasteiger partial charge in [-0.15, -0.1) is 0 Å². The van der Waals surface area contributed by atoms with Crippen LogP contribution in [0.15, 0.2) is 48.5 Å². The van der Waals surface area contributed by atoms with Crippen LogP contribution >= 0.6 is 11.6 Å². The minimum atomic E-state index is -0.617. The first kappa shape index (κ1) is 22.9. The molecule has 0 spiro atoms. The van der Waals surface area contributed by atoms with Crippen molar-refractivity contribution in [2.24, 2.45) is 0 Å². The topological polar surface area (TPSA) is 49.4 Å². The van der Waals surface area contributed by atoms with Crippen LogP contribution in [0.4, 0.5) is 4.39 Å². The molecule has 1 N–H and O–H groups in total. The standard InChI is InChI=1S/C23H28ClFN2O2/c1-4-16(3)26-23(29)21(5-2)27(15-18-8-6-7-9-20(18)24)22(28)14-17-10-12-19(25)13-11-17/h6-13,16,21H,4-5,14-15H2,1-3H3,(H,26,29)/t16-,21-/m0/s1. The SMILES string of the molecule is CC[C@H](C)NC(=O)[C@H](CC)N(Cc1ccccc1Cl)C(=O)Cc1ccc(F)cc1.